The number of aliphatic hydroxyl groups excluding tert-OH is 1. The van der Waals surface area contributed by atoms with E-state index in [1.54, 1.807) is 17.0 Å². The van der Waals surface area contributed by atoms with Crippen molar-refractivity contribution in [2.75, 3.05) is 6.61 Å². The van der Waals surface area contributed by atoms with Crippen LogP contribution in [0.4, 0.5) is 0 Å². The van der Waals surface area contributed by atoms with Crippen LogP contribution in [0, 0.1) is 6.92 Å². The molecule has 2 aromatic carbocycles. The Morgan fingerprint density at radius 2 is 1.87 bits per heavy atom. The van der Waals surface area contributed by atoms with E-state index in [0.29, 0.717) is 41.4 Å². The number of ether oxygens (including phenoxy) is 2. The van der Waals surface area contributed by atoms with Crippen LogP contribution in [0.1, 0.15) is 11.1 Å². The molecular formula is C23H21N3O4. The quantitative estimate of drug-likeness (QED) is 0.567. The van der Waals surface area contributed by atoms with E-state index in [2.05, 4.69) is 5.10 Å². The van der Waals surface area contributed by atoms with Gasteiger partial charge in [-0.1, -0.05) is 42.0 Å². The maximum absolute atomic E-state index is 13.2. The molecule has 0 saturated heterocycles. The third-order valence-electron chi connectivity index (χ3n) is 5.31. The molecule has 1 aliphatic rings. The normalized spacial score (nSPS) is 15.5. The second-order valence-electron chi connectivity index (χ2n) is 7.40. The molecule has 0 aliphatic carbocycles. The number of aryl methyl sites for hydroxylation is 1. The van der Waals surface area contributed by atoms with Crippen LogP contribution >= 0.6 is 0 Å². The van der Waals surface area contributed by atoms with Gasteiger partial charge in [0.15, 0.2) is 17.6 Å². The smallest absolute Gasteiger partial charge is 0.277 e. The van der Waals surface area contributed by atoms with Crippen molar-refractivity contribution in [1.29, 1.82) is 0 Å². The van der Waals surface area contributed by atoms with Crippen LogP contribution in [-0.4, -0.2) is 32.0 Å². The van der Waals surface area contributed by atoms with Crippen LogP contribution in [-0.2, 0) is 13.2 Å². The molecule has 7 heteroatoms. The Morgan fingerprint density at radius 3 is 2.63 bits per heavy atom. The van der Waals surface area contributed by atoms with Gasteiger partial charge in [-0.15, -0.1) is 0 Å². The molecule has 0 radical (unpaired) electrons. The number of hydrogen-bond donors (Lipinski definition) is 1. The van der Waals surface area contributed by atoms with Crippen LogP contribution in [0.25, 0.3) is 16.8 Å². The van der Waals surface area contributed by atoms with Crippen LogP contribution < -0.4 is 15.0 Å². The summed E-state index contributed by atoms with van der Waals surface area (Å²) in [5.74, 6) is 1.38. The van der Waals surface area contributed by atoms with Crippen molar-refractivity contribution in [2.45, 2.75) is 26.2 Å². The first-order valence-corrected chi connectivity index (χ1v) is 9.81. The summed E-state index contributed by atoms with van der Waals surface area (Å²) < 4.78 is 14.9. The maximum Gasteiger partial charge on any atom is 0.277 e. The highest BCUT2D eigenvalue weighted by atomic mass is 16.6. The van der Waals surface area contributed by atoms with Crippen LogP contribution in [0.2, 0.25) is 0 Å². The molecule has 1 atom stereocenters. The summed E-state index contributed by atoms with van der Waals surface area (Å²) in [4.78, 5) is 13.2. The summed E-state index contributed by atoms with van der Waals surface area (Å²) in [6, 6.07) is 15.3. The first-order valence-electron chi connectivity index (χ1n) is 9.81. The number of benzene rings is 2. The standard InChI is InChI=1S/C23H21N3O4/c1-15-6-8-16(9-7-15)21-18(13-27)22-23(28)25(10-11-26(22)24-21)12-17-14-29-19-4-2-3-5-20(19)30-17/h2-11,17,27H,12-14H2,1H3. The van der Waals surface area contributed by atoms with Crippen LogP contribution in [0.5, 0.6) is 11.5 Å². The second-order valence-corrected chi connectivity index (χ2v) is 7.40. The minimum atomic E-state index is -0.294. The SMILES string of the molecule is Cc1ccc(-c2nn3ccn(CC4COc5ccccc5O4)c(=O)c3c2CO)cc1. The summed E-state index contributed by atoms with van der Waals surface area (Å²) >= 11 is 0. The lowest BCUT2D eigenvalue weighted by molar-refractivity contribution is 0.0778. The molecule has 152 valence electrons. The molecule has 4 aromatic rings. The molecule has 1 aliphatic heterocycles. The Balaban J connectivity index is 1.51. The van der Waals surface area contributed by atoms with Crippen LogP contribution in [0.3, 0.4) is 0 Å². The van der Waals surface area contributed by atoms with Crippen molar-refractivity contribution in [3.63, 3.8) is 0 Å². The van der Waals surface area contributed by atoms with Crippen molar-refractivity contribution >= 4 is 5.52 Å². The van der Waals surface area contributed by atoms with E-state index in [-0.39, 0.29) is 18.3 Å². The lowest BCUT2D eigenvalue weighted by atomic mass is 10.1. The zero-order chi connectivity index (χ0) is 20.7. The van der Waals surface area contributed by atoms with Gasteiger partial charge >= 0.3 is 0 Å². The second kappa shape index (κ2) is 7.35. The summed E-state index contributed by atoms with van der Waals surface area (Å²) in [6.07, 6.45) is 3.12. The number of aliphatic hydroxyl groups is 1. The molecule has 3 heterocycles. The Labute approximate surface area is 172 Å². The maximum atomic E-state index is 13.2. The van der Waals surface area contributed by atoms with Gasteiger partial charge in [-0.2, -0.15) is 5.10 Å². The van der Waals surface area contributed by atoms with Gasteiger partial charge in [0.1, 0.15) is 12.1 Å². The highest BCUT2D eigenvalue weighted by Crippen LogP contribution is 2.31. The predicted molar refractivity (Wildman–Crippen MR) is 112 cm³/mol. The van der Waals surface area contributed by atoms with Crippen molar-refractivity contribution < 1.29 is 14.6 Å². The number of fused-ring (bicyclic) bond motifs is 2. The van der Waals surface area contributed by atoms with E-state index in [9.17, 15) is 9.90 Å². The molecule has 0 amide bonds. The number of para-hydroxylation sites is 2. The topological polar surface area (TPSA) is 78.0 Å². The Morgan fingerprint density at radius 1 is 1.10 bits per heavy atom. The molecule has 0 fully saturated rings. The Hall–Kier alpha value is -3.58. The molecule has 0 saturated carbocycles. The van der Waals surface area contributed by atoms with E-state index in [4.69, 9.17) is 9.47 Å². The van der Waals surface area contributed by atoms with Gasteiger partial charge < -0.3 is 19.1 Å². The van der Waals surface area contributed by atoms with Gasteiger partial charge in [-0.3, -0.25) is 4.79 Å². The van der Waals surface area contributed by atoms with Crippen molar-refractivity contribution in [1.82, 2.24) is 14.2 Å². The van der Waals surface area contributed by atoms with E-state index in [1.807, 2.05) is 55.5 Å². The Kier molecular flexibility index (Phi) is 4.52. The fourth-order valence-electron chi connectivity index (χ4n) is 3.76. The number of aromatic nitrogens is 3. The van der Waals surface area contributed by atoms with E-state index in [1.165, 1.54) is 4.52 Å². The lowest BCUT2D eigenvalue weighted by Crippen LogP contribution is -2.36. The zero-order valence-corrected chi connectivity index (χ0v) is 16.5. The highest BCUT2D eigenvalue weighted by Gasteiger charge is 2.23. The highest BCUT2D eigenvalue weighted by molar-refractivity contribution is 5.72. The monoisotopic (exact) mass is 403 g/mol. The zero-order valence-electron chi connectivity index (χ0n) is 16.5. The van der Waals surface area contributed by atoms with Crippen molar-refractivity contribution in [3.05, 3.63) is 82.4 Å². The lowest BCUT2D eigenvalue weighted by Gasteiger charge is -2.26. The molecule has 5 rings (SSSR count). The van der Waals surface area contributed by atoms with Crippen molar-refractivity contribution in [2.24, 2.45) is 0 Å². The fourth-order valence-corrected chi connectivity index (χ4v) is 3.76. The average molecular weight is 403 g/mol. The molecule has 1 unspecified atom stereocenters. The Bertz CT molecular complexity index is 1270. The summed E-state index contributed by atoms with van der Waals surface area (Å²) in [7, 11) is 0. The first kappa shape index (κ1) is 18.4. The minimum Gasteiger partial charge on any atom is -0.486 e. The van der Waals surface area contributed by atoms with E-state index in [0.717, 1.165) is 11.1 Å². The predicted octanol–water partition coefficient (Wildman–Crippen LogP) is 2.80. The number of hydrogen-bond acceptors (Lipinski definition) is 5. The van der Waals surface area contributed by atoms with Gasteiger partial charge in [0, 0.05) is 23.5 Å². The molecule has 1 N–H and O–H groups in total. The van der Waals surface area contributed by atoms with Gasteiger partial charge in [-0.05, 0) is 19.1 Å². The van der Waals surface area contributed by atoms with Crippen molar-refractivity contribution in [3.8, 4) is 22.8 Å². The largest absolute Gasteiger partial charge is 0.486 e. The van der Waals surface area contributed by atoms with E-state index >= 15 is 0 Å². The molecule has 2 aromatic heterocycles. The first-order chi connectivity index (χ1) is 14.6. The summed E-state index contributed by atoms with van der Waals surface area (Å²) in [5.41, 5.74) is 3.26. The summed E-state index contributed by atoms with van der Waals surface area (Å²) in [6.45, 7) is 2.42. The molecule has 0 bridgehead atoms. The molecule has 30 heavy (non-hydrogen) atoms. The van der Waals surface area contributed by atoms with Gasteiger partial charge in [-0.25, -0.2) is 4.52 Å². The molecule has 0 spiro atoms. The summed E-state index contributed by atoms with van der Waals surface area (Å²) in [5, 5.41) is 14.6. The number of nitrogens with zero attached hydrogens (tertiary/aromatic N) is 3. The minimum absolute atomic E-state index is 0.227. The van der Waals surface area contributed by atoms with Crippen LogP contribution in [0.15, 0.2) is 65.7 Å². The molecular weight excluding hydrogens is 382 g/mol. The third-order valence-corrected chi connectivity index (χ3v) is 5.31. The fraction of sp³-hybridized carbons (Fsp3) is 0.217. The van der Waals surface area contributed by atoms with Gasteiger partial charge in [0.25, 0.3) is 5.56 Å². The molecule has 7 nitrogen and oxygen atoms in total. The van der Waals surface area contributed by atoms with Gasteiger partial charge in [0.2, 0.25) is 0 Å². The number of rotatable bonds is 4. The van der Waals surface area contributed by atoms with Gasteiger partial charge in [0.05, 0.1) is 18.8 Å². The third kappa shape index (κ3) is 3.13. The van der Waals surface area contributed by atoms with E-state index < -0.39 is 0 Å². The average Bonchev–Trinajstić information content (AvgIpc) is 3.15.